The lowest BCUT2D eigenvalue weighted by atomic mass is 9.98. The second kappa shape index (κ2) is 13.6. The quantitative estimate of drug-likeness (QED) is 0.166. The van der Waals surface area contributed by atoms with Gasteiger partial charge in [0.25, 0.3) is 0 Å². The third-order valence-corrected chi connectivity index (χ3v) is 7.02. The number of anilines is 1. The van der Waals surface area contributed by atoms with Crippen LogP contribution in [0.3, 0.4) is 0 Å². The first kappa shape index (κ1) is 28.6. The van der Waals surface area contributed by atoms with Crippen LogP contribution < -0.4 is 24.3 Å². The molecule has 4 aromatic carbocycles. The molecule has 214 valence electrons. The van der Waals surface area contributed by atoms with Crippen molar-refractivity contribution >= 4 is 22.0 Å². The molecule has 6 nitrogen and oxygen atoms in total. The highest BCUT2D eigenvalue weighted by Gasteiger charge is 2.17. The molecule has 0 aliphatic heterocycles. The maximum absolute atomic E-state index is 6.08. The molecule has 0 amide bonds. The molecule has 0 radical (unpaired) electrons. The number of hydrogen-bond acceptors (Lipinski definition) is 6. The van der Waals surface area contributed by atoms with Crippen LogP contribution in [-0.4, -0.2) is 32.4 Å². The van der Waals surface area contributed by atoms with Gasteiger partial charge in [-0.15, -0.1) is 0 Å². The zero-order valence-corrected chi connectivity index (χ0v) is 24.5. The second-order valence-electron chi connectivity index (χ2n) is 9.64. The number of aromatic nitrogens is 1. The van der Waals surface area contributed by atoms with Crippen molar-refractivity contribution in [3.63, 3.8) is 0 Å². The van der Waals surface area contributed by atoms with E-state index in [-0.39, 0.29) is 0 Å². The summed E-state index contributed by atoms with van der Waals surface area (Å²) in [4.78, 5) is 4.64. The fourth-order valence-corrected chi connectivity index (χ4v) is 5.11. The van der Waals surface area contributed by atoms with E-state index in [0.717, 1.165) is 50.0 Å². The summed E-state index contributed by atoms with van der Waals surface area (Å²) < 4.78 is 23.2. The molecule has 0 spiro atoms. The van der Waals surface area contributed by atoms with Gasteiger partial charge in [-0.1, -0.05) is 66.7 Å². The smallest absolute Gasteiger partial charge is 0.203 e. The predicted molar refractivity (Wildman–Crippen MR) is 170 cm³/mol. The summed E-state index contributed by atoms with van der Waals surface area (Å²) in [5.74, 6) is 2.65. The average Bonchev–Trinajstić information content (AvgIpc) is 3.03. The number of pyridine rings is 1. The molecule has 0 bridgehead atoms. The Morgan fingerprint density at radius 2 is 1.33 bits per heavy atom. The summed E-state index contributed by atoms with van der Waals surface area (Å²) in [5.41, 5.74) is 6.28. The molecular weight excluding hydrogens is 524 g/mol. The zero-order chi connectivity index (χ0) is 29.3. The van der Waals surface area contributed by atoms with E-state index < -0.39 is 0 Å². The van der Waals surface area contributed by atoms with E-state index >= 15 is 0 Å². The Hall–Kier alpha value is -4.97. The Labute approximate surface area is 247 Å². The number of benzene rings is 4. The molecule has 42 heavy (non-hydrogen) atoms. The minimum atomic E-state index is 0.516. The van der Waals surface area contributed by atoms with Crippen molar-refractivity contribution in [3.8, 4) is 23.0 Å². The van der Waals surface area contributed by atoms with Crippen LogP contribution in [0.5, 0.6) is 23.0 Å². The molecule has 0 aliphatic carbocycles. The average molecular weight is 561 g/mol. The molecule has 1 N–H and O–H groups in total. The summed E-state index contributed by atoms with van der Waals surface area (Å²) in [5, 5.41) is 5.66. The van der Waals surface area contributed by atoms with Gasteiger partial charge in [0.05, 0.1) is 33.1 Å². The maximum Gasteiger partial charge on any atom is 0.203 e. The van der Waals surface area contributed by atoms with Gasteiger partial charge in [0.15, 0.2) is 11.5 Å². The van der Waals surface area contributed by atoms with Crippen LogP contribution in [0.15, 0.2) is 104 Å². The molecule has 1 heterocycles. The Morgan fingerprint density at radius 3 is 1.90 bits per heavy atom. The Bertz CT molecular complexity index is 1600. The fraction of sp³-hybridized carbons (Fsp3) is 0.194. The highest BCUT2D eigenvalue weighted by Crippen LogP contribution is 2.40. The van der Waals surface area contributed by atoms with Crippen molar-refractivity contribution in [2.45, 2.75) is 20.3 Å². The van der Waals surface area contributed by atoms with Crippen LogP contribution in [-0.2, 0) is 6.42 Å². The van der Waals surface area contributed by atoms with Crippen molar-refractivity contribution in [3.05, 3.63) is 126 Å². The number of nitrogens with zero attached hydrogens (tertiary/aromatic N) is 1. The third kappa shape index (κ3) is 6.18. The molecule has 0 unspecified atom stereocenters. The number of fused-ring (bicyclic) bond motifs is 1. The minimum Gasteiger partial charge on any atom is -0.493 e. The van der Waals surface area contributed by atoms with Crippen LogP contribution in [0.2, 0.25) is 0 Å². The van der Waals surface area contributed by atoms with Gasteiger partial charge >= 0.3 is 0 Å². The van der Waals surface area contributed by atoms with Gasteiger partial charge in [-0.05, 0) is 66.1 Å². The summed E-state index contributed by atoms with van der Waals surface area (Å²) in [6.45, 7) is 4.99. The Morgan fingerprint density at radius 1 is 0.714 bits per heavy atom. The highest BCUT2D eigenvalue weighted by molar-refractivity contribution is 5.99. The SMILES string of the molecule is CCOc1ccc2c(Cc3cc(OC)c(OCC)c(OC)c3)cncc2c1NC=C(c1ccccc1)c1ccccc1. The van der Waals surface area contributed by atoms with Crippen LogP contribution in [0.4, 0.5) is 5.69 Å². The standard InChI is InChI=1S/C36H36N2O4/c1-5-41-32-18-17-29-28(19-25-20-33(39-3)36(42-6-2)34(21-25)40-4)22-37-23-31(29)35(32)38-24-30(26-13-9-7-10-14-26)27-15-11-8-12-16-27/h7-18,20-24,38H,5-6,19H2,1-4H3. The lowest BCUT2D eigenvalue weighted by molar-refractivity contribution is 0.288. The predicted octanol–water partition coefficient (Wildman–Crippen LogP) is 8.14. The first-order chi connectivity index (χ1) is 20.7. The van der Waals surface area contributed by atoms with Crippen LogP contribution in [0, 0.1) is 0 Å². The van der Waals surface area contributed by atoms with Crippen molar-refractivity contribution in [2.24, 2.45) is 0 Å². The van der Waals surface area contributed by atoms with Crippen molar-refractivity contribution < 1.29 is 18.9 Å². The number of hydrogen-bond donors (Lipinski definition) is 1. The van der Waals surface area contributed by atoms with E-state index in [1.807, 2.05) is 56.6 Å². The maximum atomic E-state index is 6.08. The van der Waals surface area contributed by atoms with Gasteiger partial charge in [-0.2, -0.15) is 0 Å². The molecule has 0 saturated heterocycles. The number of methoxy groups -OCH3 is 2. The second-order valence-corrected chi connectivity index (χ2v) is 9.64. The zero-order valence-electron chi connectivity index (χ0n) is 24.5. The molecule has 0 saturated carbocycles. The van der Waals surface area contributed by atoms with E-state index in [9.17, 15) is 0 Å². The van der Waals surface area contributed by atoms with Crippen molar-refractivity contribution in [1.29, 1.82) is 0 Å². The summed E-state index contributed by atoms with van der Waals surface area (Å²) in [7, 11) is 3.28. The molecule has 5 rings (SSSR count). The van der Waals surface area contributed by atoms with Gasteiger partial charge in [0, 0.05) is 29.6 Å². The normalized spacial score (nSPS) is 10.7. The molecule has 5 aromatic rings. The summed E-state index contributed by atoms with van der Waals surface area (Å²) >= 11 is 0. The van der Waals surface area contributed by atoms with Crippen LogP contribution >= 0.6 is 0 Å². The number of rotatable bonds is 12. The van der Waals surface area contributed by atoms with Gasteiger partial charge < -0.3 is 24.3 Å². The molecular formula is C36H36N2O4. The Kier molecular flexibility index (Phi) is 9.24. The minimum absolute atomic E-state index is 0.516. The van der Waals surface area contributed by atoms with E-state index in [0.29, 0.717) is 36.9 Å². The third-order valence-electron chi connectivity index (χ3n) is 7.02. The van der Waals surface area contributed by atoms with Gasteiger partial charge in [0.1, 0.15) is 5.75 Å². The number of ether oxygens (including phenoxy) is 4. The van der Waals surface area contributed by atoms with E-state index in [4.69, 9.17) is 18.9 Å². The molecule has 1 aromatic heterocycles. The number of nitrogens with one attached hydrogen (secondary N) is 1. The Balaban J connectivity index is 1.58. The topological polar surface area (TPSA) is 61.8 Å². The summed E-state index contributed by atoms with van der Waals surface area (Å²) in [6.07, 6.45) is 6.49. The lowest BCUT2D eigenvalue weighted by Gasteiger charge is -2.17. The van der Waals surface area contributed by atoms with Crippen LogP contribution in [0.1, 0.15) is 36.1 Å². The molecule has 0 fully saturated rings. The van der Waals surface area contributed by atoms with Gasteiger partial charge in [-0.25, -0.2) is 0 Å². The van der Waals surface area contributed by atoms with Crippen molar-refractivity contribution in [2.75, 3.05) is 32.8 Å². The molecule has 0 atom stereocenters. The van der Waals surface area contributed by atoms with Gasteiger partial charge in [0.2, 0.25) is 5.75 Å². The monoisotopic (exact) mass is 560 g/mol. The summed E-state index contributed by atoms with van der Waals surface area (Å²) in [6, 6.07) is 28.8. The molecule has 0 aliphatic rings. The van der Waals surface area contributed by atoms with E-state index in [1.165, 1.54) is 0 Å². The molecule has 6 heteroatoms. The van der Waals surface area contributed by atoms with E-state index in [1.54, 1.807) is 14.2 Å². The first-order valence-electron chi connectivity index (χ1n) is 14.1. The van der Waals surface area contributed by atoms with Gasteiger partial charge in [-0.3, -0.25) is 4.98 Å². The fourth-order valence-electron chi connectivity index (χ4n) is 5.11. The lowest BCUT2D eigenvalue weighted by Crippen LogP contribution is -2.02. The first-order valence-corrected chi connectivity index (χ1v) is 14.1. The van der Waals surface area contributed by atoms with E-state index in [2.05, 4.69) is 71.1 Å². The highest BCUT2D eigenvalue weighted by atomic mass is 16.5. The van der Waals surface area contributed by atoms with Crippen LogP contribution in [0.25, 0.3) is 16.3 Å². The van der Waals surface area contributed by atoms with Crippen molar-refractivity contribution in [1.82, 2.24) is 4.98 Å². The largest absolute Gasteiger partial charge is 0.493 e.